The lowest BCUT2D eigenvalue weighted by Crippen LogP contribution is -2.01. The Hall–Kier alpha value is -6.20. The smallest absolute Gasteiger partial charge is 0.165 e. The summed E-state index contributed by atoms with van der Waals surface area (Å²) in [6.07, 6.45) is 1.87. The zero-order valence-electron chi connectivity index (χ0n) is 24.2. The van der Waals surface area contributed by atoms with Crippen molar-refractivity contribution in [3.8, 4) is 40.0 Å². The summed E-state index contributed by atoms with van der Waals surface area (Å²) in [5.74, 6) is 2.68. The molecule has 0 N–H and O–H groups in total. The Labute approximate surface area is 259 Å². The van der Waals surface area contributed by atoms with E-state index in [1.54, 1.807) is 0 Å². The molecule has 9 aromatic rings. The second-order valence-corrected chi connectivity index (χ2v) is 11.2. The van der Waals surface area contributed by atoms with Gasteiger partial charge in [-0.05, 0) is 57.9 Å². The first kappa shape index (κ1) is 25.3. The van der Waals surface area contributed by atoms with Crippen LogP contribution in [0.4, 0.5) is 0 Å². The third-order valence-corrected chi connectivity index (χ3v) is 8.45. The van der Waals surface area contributed by atoms with Crippen LogP contribution in [-0.2, 0) is 0 Å². The third-order valence-electron chi connectivity index (χ3n) is 8.45. The summed E-state index contributed by atoms with van der Waals surface area (Å²) in [5.41, 5.74) is 4.95. The molecule has 0 unspecified atom stereocenters. The quantitative estimate of drug-likeness (QED) is 0.210. The van der Waals surface area contributed by atoms with Crippen LogP contribution in [0, 0.1) is 0 Å². The van der Waals surface area contributed by atoms with E-state index in [1.165, 1.54) is 26.9 Å². The number of hydrogen-bond donors (Lipinski definition) is 0. The van der Waals surface area contributed by atoms with Crippen LogP contribution < -0.4 is 0 Å². The van der Waals surface area contributed by atoms with Gasteiger partial charge in [-0.15, -0.1) is 0 Å². The molecular formula is C40H25N5. The van der Waals surface area contributed by atoms with Crippen LogP contribution in [0.5, 0.6) is 0 Å². The molecule has 0 atom stereocenters. The van der Waals surface area contributed by atoms with E-state index in [2.05, 4.69) is 114 Å². The highest BCUT2D eigenvalue weighted by molar-refractivity contribution is 6.13. The highest BCUT2D eigenvalue weighted by Gasteiger charge is 2.16. The lowest BCUT2D eigenvalue weighted by Gasteiger charge is -2.10. The van der Waals surface area contributed by atoms with Crippen molar-refractivity contribution in [2.75, 3.05) is 0 Å². The summed E-state index contributed by atoms with van der Waals surface area (Å²) in [6, 6.07) is 50.3. The molecule has 3 aromatic heterocycles. The van der Waals surface area contributed by atoms with Gasteiger partial charge in [0.2, 0.25) is 0 Å². The number of pyridine rings is 1. The molecule has 0 saturated carbocycles. The molecule has 0 amide bonds. The standard InChI is InChI=1S/C40H25N5/c1-2-11-27(12-3-1)38-42-39(31-19-18-26-10-4-5-13-28(26)22-31)44-40(43-38)32-20-21-37(41-25-32)45-35-17-9-8-16-33(35)34-23-29-14-6-7-15-30(29)24-36(34)45/h1-25H. The summed E-state index contributed by atoms with van der Waals surface area (Å²) in [7, 11) is 0. The molecule has 0 bridgehead atoms. The predicted octanol–water partition coefficient (Wildman–Crippen LogP) is 9.67. The first-order valence-electron chi connectivity index (χ1n) is 15.0. The van der Waals surface area contributed by atoms with Crippen molar-refractivity contribution in [1.82, 2.24) is 24.5 Å². The lowest BCUT2D eigenvalue weighted by molar-refractivity contribution is 1.05. The molecule has 0 aliphatic carbocycles. The lowest BCUT2D eigenvalue weighted by atomic mass is 10.1. The minimum absolute atomic E-state index is 0.583. The molecule has 3 heterocycles. The van der Waals surface area contributed by atoms with Crippen molar-refractivity contribution in [2.45, 2.75) is 0 Å². The Bertz CT molecular complexity index is 2530. The topological polar surface area (TPSA) is 56.5 Å². The molecule has 0 fully saturated rings. The Morgan fingerprint density at radius 3 is 1.73 bits per heavy atom. The van der Waals surface area contributed by atoms with Gasteiger partial charge in [0, 0.05) is 33.7 Å². The maximum atomic E-state index is 4.99. The van der Waals surface area contributed by atoms with E-state index < -0.39 is 0 Å². The molecule has 6 aromatic carbocycles. The number of para-hydroxylation sites is 1. The number of fused-ring (bicyclic) bond motifs is 5. The summed E-state index contributed by atoms with van der Waals surface area (Å²) < 4.78 is 2.24. The highest BCUT2D eigenvalue weighted by atomic mass is 15.1. The maximum absolute atomic E-state index is 4.99. The van der Waals surface area contributed by atoms with Gasteiger partial charge < -0.3 is 0 Å². The van der Waals surface area contributed by atoms with E-state index in [0.29, 0.717) is 17.5 Å². The maximum Gasteiger partial charge on any atom is 0.165 e. The fourth-order valence-electron chi connectivity index (χ4n) is 6.23. The molecule has 0 spiro atoms. The fourth-order valence-corrected chi connectivity index (χ4v) is 6.23. The van der Waals surface area contributed by atoms with Crippen molar-refractivity contribution < 1.29 is 0 Å². The monoisotopic (exact) mass is 575 g/mol. The van der Waals surface area contributed by atoms with Gasteiger partial charge in [0.1, 0.15) is 5.82 Å². The van der Waals surface area contributed by atoms with Gasteiger partial charge >= 0.3 is 0 Å². The molecule has 210 valence electrons. The second kappa shape index (κ2) is 10.2. The van der Waals surface area contributed by atoms with Gasteiger partial charge in [-0.3, -0.25) is 4.57 Å². The predicted molar refractivity (Wildman–Crippen MR) is 183 cm³/mol. The zero-order chi connectivity index (χ0) is 29.7. The summed E-state index contributed by atoms with van der Waals surface area (Å²) >= 11 is 0. The molecule has 5 nitrogen and oxygen atoms in total. The van der Waals surface area contributed by atoms with Crippen molar-refractivity contribution in [3.63, 3.8) is 0 Å². The van der Waals surface area contributed by atoms with Gasteiger partial charge in [0.15, 0.2) is 17.5 Å². The molecule has 0 saturated heterocycles. The summed E-state index contributed by atoms with van der Waals surface area (Å²) in [5, 5.41) is 7.15. The van der Waals surface area contributed by atoms with Crippen LogP contribution in [0.25, 0.3) is 83.3 Å². The van der Waals surface area contributed by atoms with Crippen LogP contribution in [0.15, 0.2) is 152 Å². The molecule has 0 radical (unpaired) electrons. The highest BCUT2D eigenvalue weighted by Crippen LogP contribution is 2.35. The minimum Gasteiger partial charge on any atom is -0.294 e. The summed E-state index contributed by atoms with van der Waals surface area (Å²) in [4.78, 5) is 19.8. The van der Waals surface area contributed by atoms with E-state index >= 15 is 0 Å². The van der Waals surface area contributed by atoms with E-state index in [4.69, 9.17) is 19.9 Å². The Kier molecular flexibility index (Phi) is 5.74. The summed E-state index contributed by atoms with van der Waals surface area (Å²) in [6.45, 7) is 0. The Morgan fingerprint density at radius 1 is 0.378 bits per heavy atom. The van der Waals surface area contributed by atoms with E-state index in [1.807, 2.05) is 42.6 Å². The Balaban J connectivity index is 1.19. The normalized spacial score (nSPS) is 11.6. The van der Waals surface area contributed by atoms with Gasteiger partial charge in [-0.2, -0.15) is 0 Å². The fraction of sp³-hybridized carbons (Fsp3) is 0. The average Bonchev–Trinajstić information content (AvgIpc) is 3.43. The van der Waals surface area contributed by atoms with Crippen LogP contribution >= 0.6 is 0 Å². The van der Waals surface area contributed by atoms with Crippen LogP contribution in [0.1, 0.15) is 0 Å². The molecule has 45 heavy (non-hydrogen) atoms. The van der Waals surface area contributed by atoms with E-state index in [9.17, 15) is 0 Å². The van der Waals surface area contributed by atoms with Gasteiger partial charge in [-0.1, -0.05) is 109 Å². The van der Waals surface area contributed by atoms with Crippen LogP contribution in [0.2, 0.25) is 0 Å². The van der Waals surface area contributed by atoms with Gasteiger partial charge in [0.05, 0.1) is 11.0 Å². The average molecular weight is 576 g/mol. The number of hydrogen-bond acceptors (Lipinski definition) is 4. The van der Waals surface area contributed by atoms with Gasteiger partial charge in [-0.25, -0.2) is 19.9 Å². The molecule has 0 aliphatic heterocycles. The number of nitrogens with zero attached hydrogens (tertiary/aromatic N) is 5. The van der Waals surface area contributed by atoms with Gasteiger partial charge in [0.25, 0.3) is 0 Å². The minimum atomic E-state index is 0.583. The molecule has 5 heteroatoms. The first-order chi connectivity index (χ1) is 22.3. The Morgan fingerprint density at radius 2 is 0.978 bits per heavy atom. The van der Waals surface area contributed by atoms with Crippen molar-refractivity contribution in [2.24, 2.45) is 0 Å². The van der Waals surface area contributed by atoms with Crippen molar-refractivity contribution in [3.05, 3.63) is 152 Å². The van der Waals surface area contributed by atoms with Crippen LogP contribution in [-0.4, -0.2) is 24.5 Å². The number of aromatic nitrogens is 5. The molecule has 0 aliphatic rings. The molecule has 9 rings (SSSR count). The zero-order valence-corrected chi connectivity index (χ0v) is 24.2. The van der Waals surface area contributed by atoms with E-state index in [-0.39, 0.29) is 0 Å². The van der Waals surface area contributed by atoms with E-state index in [0.717, 1.165) is 38.9 Å². The SMILES string of the molecule is c1ccc(-c2nc(-c3ccc(-n4c5ccccc5c5cc6ccccc6cc54)nc3)nc(-c3ccc4ccccc4c3)n2)cc1. The molecular weight excluding hydrogens is 550 g/mol. The van der Waals surface area contributed by atoms with Crippen molar-refractivity contribution in [1.29, 1.82) is 0 Å². The largest absolute Gasteiger partial charge is 0.294 e. The number of rotatable bonds is 4. The number of benzene rings is 6. The third kappa shape index (κ3) is 4.33. The van der Waals surface area contributed by atoms with Crippen LogP contribution in [0.3, 0.4) is 0 Å². The first-order valence-corrected chi connectivity index (χ1v) is 15.0. The second-order valence-electron chi connectivity index (χ2n) is 11.2. The van der Waals surface area contributed by atoms with Crippen molar-refractivity contribution >= 4 is 43.4 Å².